The van der Waals surface area contributed by atoms with E-state index in [9.17, 15) is 4.79 Å². The van der Waals surface area contributed by atoms with Crippen molar-refractivity contribution in [3.63, 3.8) is 0 Å². The molecule has 4 heteroatoms. The summed E-state index contributed by atoms with van der Waals surface area (Å²) in [5, 5.41) is 0.680. The number of carbonyl (C=O) groups excluding carboxylic acids is 1. The van der Waals surface area contributed by atoms with Crippen molar-refractivity contribution >= 4 is 17.5 Å². The van der Waals surface area contributed by atoms with Gasteiger partial charge in [0.25, 0.3) is 5.91 Å². The van der Waals surface area contributed by atoms with Crippen LogP contribution in [0, 0.1) is 6.92 Å². The van der Waals surface area contributed by atoms with Crippen molar-refractivity contribution < 1.29 is 4.79 Å². The van der Waals surface area contributed by atoms with Gasteiger partial charge >= 0.3 is 0 Å². The summed E-state index contributed by atoms with van der Waals surface area (Å²) in [7, 11) is 0. The number of rotatable bonds is 4. The van der Waals surface area contributed by atoms with E-state index in [0.717, 1.165) is 11.3 Å². The van der Waals surface area contributed by atoms with Crippen LogP contribution in [0.3, 0.4) is 0 Å². The lowest BCUT2D eigenvalue weighted by Gasteiger charge is -2.20. The van der Waals surface area contributed by atoms with Gasteiger partial charge in [-0.05, 0) is 43.7 Å². The second kappa shape index (κ2) is 6.53. The molecule has 0 radical (unpaired) electrons. The average molecular weight is 289 g/mol. The van der Waals surface area contributed by atoms with Gasteiger partial charge in [-0.15, -0.1) is 0 Å². The van der Waals surface area contributed by atoms with Crippen LogP contribution in [0.2, 0.25) is 5.02 Å². The van der Waals surface area contributed by atoms with Crippen molar-refractivity contribution in [2.45, 2.75) is 20.4 Å². The molecule has 1 aromatic heterocycles. The highest BCUT2D eigenvalue weighted by Crippen LogP contribution is 2.14. The van der Waals surface area contributed by atoms with Gasteiger partial charge in [0.2, 0.25) is 0 Å². The van der Waals surface area contributed by atoms with E-state index in [2.05, 4.69) is 4.98 Å². The number of carbonyl (C=O) groups is 1. The van der Waals surface area contributed by atoms with Crippen LogP contribution in [0.1, 0.15) is 28.7 Å². The monoisotopic (exact) mass is 288 g/mol. The normalized spacial score (nSPS) is 10.3. The van der Waals surface area contributed by atoms with Crippen LogP contribution in [0.15, 0.2) is 42.5 Å². The summed E-state index contributed by atoms with van der Waals surface area (Å²) in [6.45, 7) is 4.99. The topological polar surface area (TPSA) is 33.2 Å². The van der Waals surface area contributed by atoms with Gasteiger partial charge in [-0.2, -0.15) is 0 Å². The first kappa shape index (κ1) is 14.5. The summed E-state index contributed by atoms with van der Waals surface area (Å²) in [5.74, 6) is -0.0591. The van der Waals surface area contributed by atoms with Gasteiger partial charge in [-0.3, -0.25) is 4.79 Å². The smallest absolute Gasteiger partial charge is 0.272 e. The van der Waals surface area contributed by atoms with E-state index >= 15 is 0 Å². The van der Waals surface area contributed by atoms with E-state index in [-0.39, 0.29) is 5.91 Å². The van der Waals surface area contributed by atoms with Gasteiger partial charge in [0.05, 0.1) is 0 Å². The van der Waals surface area contributed by atoms with Gasteiger partial charge in [0, 0.05) is 23.8 Å². The molecule has 0 aliphatic rings. The van der Waals surface area contributed by atoms with Crippen LogP contribution in [-0.4, -0.2) is 22.3 Å². The molecule has 20 heavy (non-hydrogen) atoms. The fraction of sp³-hybridized carbons (Fsp3) is 0.250. The highest BCUT2D eigenvalue weighted by atomic mass is 35.5. The maximum Gasteiger partial charge on any atom is 0.272 e. The first-order chi connectivity index (χ1) is 9.60. The number of pyridine rings is 1. The highest BCUT2D eigenvalue weighted by molar-refractivity contribution is 6.30. The van der Waals surface area contributed by atoms with Crippen LogP contribution in [-0.2, 0) is 6.54 Å². The highest BCUT2D eigenvalue weighted by Gasteiger charge is 2.15. The van der Waals surface area contributed by atoms with Crippen LogP contribution >= 0.6 is 11.6 Å². The minimum atomic E-state index is -0.0591. The predicted molar refractivity (Wildman–Crippen MR) is 80.8 cm³/mol. The molecule has 3 nitrogen and oxygen atoms in total. The van der Waals surface area contributed by atoms with Crippen molar-refractivity contribution in [2.75, 3.05) is 6.54 Å². The van der Waals surface area contributed by atoms with E-state index in [4.69, 9.17) is 11.6 Å². The van der Waals surface area contributed by atoms with Gasteiger partial charge < -0.3 is 4.90 Å². The largest absolute Gasteiger partial charge is 0.333 e. The number of halogens is 1. The molecular formula is C16H17ClN2O. The maximum absolute atomic E-state index is 12.4. The molecule has 0 unspecified atom stereocenters. The number of nitrogens with zero attached hydrogens (tertiary/aromatic N) is 2. The Bertz CT molecular complexity index is 613. The Labute approximate surface area is 124 Å². The molecule has 1 aromatic carbocycles. The molecule has 0 N–H and O–H groups in total. The van der Waals surface area contributed by atoms with Gasteiger partial charge in [0.15, 0.2) is 0 Å². The van der Waals surface area contributed by atoms with Crippen molar-refractivity contribution in [3.05, 3.63) is 64.4 Å². The Morgan fingerprint density at radius 1 is 1.25 bits per heavy atom. The van der Waals surface area contributed by atoms with E-state index in [1.807, 2.05) is 50.2 Å². The summed E-state index contributed by atoms with van der Waals surface area (Å²) in [6.07, 6.45) is 0. The molecule has 1 amide bonds. The molecule has 0 spiro atoms. The number of amides is 1. The summed E-state index contributed by atoms with van der Waals surface area (Å²) in [5.41, 5.74) is 2.34. The molecule has 0 saturated carbocycles. The summed E-state index contributed by atoms with van der Waals surface area (Å²) in [6, 6.07) is 13.0. The molecule has 104 valence electrons. The lowest BCUT2D eigenvalue weighted by molar-refractivity contribution is 0.0746. The first-order valence-electron chi connectivity index (χ1n) is 6.57. The molecule has 0 aliphatic heterocycles. The molecule has 2 aromatic rings. The third kappa shape index (κ3) is 3.58. The number of benzene rings is 1. The average Bonchev–Trinajstić information content (AvgIpc) is 2.44. The number of aromatic nitrogens is 1. The second-order valence-corrected chi connectivity index (χ2v) is 5.05. The Morgan fingerprint density at radius 3 is 2.65 bits per heavy atom. The molecular weight excluding hydrogens is 272 g/mol. The minimum absolute atomic E-state index is 0.0591. The number of aryl methyl sites for hydroxylation is 1. The summed E-state index contributed by atoms with van der Waals surface area (Å²) >= 11 is 5.97. The van der Waals surface area contributed by atoms with Crippen molar-refractivity contribution in [1.82, 2.24) is 9.88 Å². The zero-order valence-corrected chi connectivity index (χ0v) is 12.4. The third-order valence-corrected chi connectivity index (χ3v) is 3.27. The lowest BCUT2D eigenvalue weighted by Crippen LogP contribution is -2.31. The number of hydrogen-bond donors (Lipinski definition) is 0. The maximum atomic E-state index is 12.4. The van der Waals surface area contributed by atoms with Gasteiger partial charge in [-0.25, -0.2) is 4.98 Å². The Kier molecular flexibility index (Phi) is 4.74. The quantitative estimate of drug-likeness (QED) is 0.859. The summed E-state index contributed by atoms with van der Waals surface area (Å²) < 4.78 is 0. The molecule has 0 bridgehead atoms. The Balaban J connectivity index is 2.18. The van der Waals surface area contributed by atoms with E-state index in [1.54, 1.807) is 11.0 Å². The van der Waals surface area contributed by atoms with Crippen molar-refractivity contribution in [1.29, 1.82) is 0 Å². The third-order valence-electron chi connectivity index (χ3n) is 3.04. The SMILES string of the molecule is CCN(Cc1cccc(Cl)c1)C(=O)c1cccc(C)n1. The van der Waals surface area contributed by atoms with E-state index in [1.165, 1.54) is 0 Å². The van der Waals surface area contributed by atoms with E-state index < -0.39 is 0 Å². The standard InChI is InChI=1S/C16H17ClN2O/c1-3-19(11-13-7-5-8-14(17)10-13)16(20)15-9-4-6-12(2)18-15/h4-10H,3,11H2,1-2H3. The van der Waals surface area contributed by atoms with Crippen LogP contribution < -0.4 is 0 Å². The Hall–Kier alpha value is -1.87. The zero-order chi connectivity index (χ0) is 14.5. The fourth-order valence-electron chi connectivity index (χ4n) is 2.01. The van der Waals surface area contributed by atoms with Crippen molar-refractivity contribution in [3.8, 4) is 0 Å². The number of hydrogen-bond acceptors (Lipinski definition) is 2. The first-order valence-corrected chi connectivity index (χ1v) is 6.95. The van der Waals surface area contributed by atoms with Crippen molar-refractivity contribution in [2.24, 2.45) is 0 Å². The van der Waals surface area contributed by atoms with E-state index in [0.29, 0.717) is 23.8 Å². The lowest BCUT2D eigenvalue weighted by atomic mass is 10.2. The minimum Gasteiger partial charge on any atom is -0.333 e. The van der Waals surface area contributed by atoms with Crippen LogP contribution in [0.5, 0.6) is 0 Å². The fourth-order valence-corrected chi connectivity index (χ4v) is 2.22. The Morgan fingerprint density at radius 2 is 2.00 bits per heavy atom. The molecule has 0 aliphatic carbocycles. The van der Waals surface area contributed by atoms with Gasteiger partial charge in [0.1, 0.15) is 5.69 Å². The molecule has 0 atom stereocenters. The van der Waals surface area contributed by atoms with Crippen LogP contribution in [0.25, 0.3) is 0 Å². The van der Waals surface area contributed by atoms with Crippen LogP contribution in [0.4, 0.5) is 0 Å². The molecule has 0 saturated heterocycles. The zero-order valence-electron chi connectivity index (χ0n) is 11.6. The molecule has 2 rings (SSSR count). The van der Waals surface area contributed by atoms with Gasteiger partial charge in [-0.1, -0.05) is 29.8 Å². The molecule has 1 heterocycles. The molecule has 0 fully saturated rings. The second-order valence-electron chi connectivity index (χ2n) is 4.61. The predicted octanol–water partition coefficient (Wildman–Crippen LogP) is 3.71. The summed E-state index contributed by atoms with van der Waals surface area (Å²) in [4.78, 5) is 18.5.